The van der Waals surface area contributed by atoms with Gasteiger partial charge in [-0.1, -0.05) is 56.7 Å². The molecule has 0 radical (unpaired) electrons. The minimum Gasteiger partial charge on any atom is -0.457 e. The molecule has 0 bridgehead atoms. The van der Waals surface area contributed by atoms with Crippen LogP contribution in [0.2, 0.25) is 0 Å². The summed E-state index contributed by atoms with van der Waals surface area (Å²) in [6.07, 6.45) is 2.56. The number of urea groups is 1. The quantitative estimate of drug-likeness (QED) is 0.767. The molecule has 0 aliphatic carbocycles. The molecule has 5 heteroatoms. The summed E-state index contributed by atoms with van der Waals surface area (Å²) in [6.45, 7) is 4.07. The molecule has 1 aliphatic heterocycles. The smallest absolute Gasteiger partial charge is 0.323 e. The van der Waals surface area contributed by atoms with Gasteiger partial charge in [0.25, 0.3) is 0 Å². The molecule has 0 fully saturated rings. The number of primary amides is 1. The highest BCUT2D eigenvalue weighted by Crippen LogP contribution is 2.41. The number of hydrogen-bond donors (Lipinski definition) is 1. The van der Waals surface area contributed by atoms with Gasteiger partial charge in [-0.15, -0.1) is 0 Å². The van der Waals surface area contributed by atoms with E-state index in [4.69, 9.17) is 10.5 Å². The predicted molar refractivity (Wildman–Crippen MR) is 106 cm³/mol. The summed E-state index contributed by atoms with van der Waals surface area (Å²) in [5.41, 5.74) is 8.82. The van der Waals surface area contributed by atoms with Gasteiger partial charge in [0, 0.05) is 12.0 Å². The predicted octanol–water partition coefficient (Wildman–Crippen LogP) is 4.87. The monoisotopic (exact) mass is 366 g/mol. The van der Waals surface area contributed by atoms with Crippen LogP contribution in [0.25, 0.3) is 0 Å². The average molecular weight is 366 g/mol. The van der Waals surface area contributed by atoms with Crippen molar-refractivity contribution in [1.82, 2.24) is 0 Å². The Morgan fingerprint density at radius 3 is 2.44 bits per heavy atom. The van der Waals surface area contributed by atoms with Crippen LogP contribution in [0.15, 0.2) is 48.5 Å². The van der Waals surface area contributed by atoms with Gasteiger partial charge in [-0.3, -0.25) is 9.69 Å². The number of hydrogen-bond acceptors (Lipinski definition) is 3. The topological polar surface area (TPSA) is 72.6 Å². The Morgan fingerprint density at radius 1 is 1.11 bits per heavy atom. The first-order valence-electron chi connectivity index (χ1n) is 9.53. The van der Waals surface area contributed by atoms with Crippen LogP contribution in [0.4, 0.5) is 16.2 Å². The fourth-order valence-corrected chi connectivity index (χ4v) is 3.72. The van der Waals surface area contributed by atoms with Crippen molar-refractivity contribution in [3.8, 4) is 0 Å². The number of carbonyl (C=O) groups is 2. The van der Waals surface area contributed by atoms with E-state index in [-0.39, 0.29) is 11.9 Å². The van der Waals surface area contributed by atoms with E-state index in [1.165, 1.54) is 4.90 Å². The van der Waals surface area contributed by atoms with Crippen LogP contribution in [0.5, 0.6) is 0 Å². The number of amides is 2. The lowest BCUT2D eigenvalue weighted by Crippen LogP contribution is -2.32. The molecule has 2 amide bonds. The fraction of sp³-hybridized carbons (Fsp3) is 0.364. The molecule has 0 saturated heterocycles. The van der Waals surface area contributed by atoms with E-state index in [0.29, 0.717) is 12.1 Å². The highest BCUT2D eigenvalue weighted by atomic mass is 16.5. The van der Waals surface area contributed by atoms with Gasteiger partial charge in [-0.25, -0.2) is 4.79 Å². The van der Waals surface area contributed by atoms with Gasteiger partial charge in [-0.2, -0.15) is 0 Å². The molecule has 2 aromatic rings. The van der Waals surface area contributed by atoms with Crippen LogP contribution in [-0.4, -0.2) is 12.0 Å². The molecule has 1 unspecified atom stereocenters. The lowest BCUT2D eigenvalue weighted by Gasteiger charge is -2.24. The lowest BCUT2D eigenvalue weighted by atomic mass is 9.99. The minimum atomic E-state index is -0.556. The van der Waals surface area contributed by atoms with Crippen molar-refractivity contribution >= 4 is 23.4 Å². The maximum Gasteiger partial charge on any atom is 0.323 e. The van der Waals surface area contributed by atoms with Crippen LogP contribution in [-0.2, 0) is 16.0 Å². The summed E-state index contributed by atoms with van der Waals surface area (Å²) in [5, 5.41) is 0. The van der Waals surface area contributed by atoms with E-state index in [1.54, 1.807) is 0 Å². The number of fused-ring (bicyclic) bond motifs is 2. The van der Waals surface area contributed by atoms with Gasteiger partial charge in [0.15, 0.2) is 0 Å². The summed E-state index contributed by atoms with van der Waals surface area (Å²) in [7, 11) is 0. The van der Waals surface area contributed by atoms with E-state index < -0.39 is 12.1 Å². The Labute approximate surface area is 160 Å². The van der Waals surface area contributed by atoms with Crippen molar-refractivity contribution in [2.75, 3.05) is 4.90 Å². The number of carbonyl (C=O) groups excluding carboxylic acids is 2. The molecule has 2 atom stereocenters. The molecule has 2 N–H and O–H groups in total. The molecule has 1 heterocycles. The summed E-state index contributed by atoms with van der Waals surface area (Å²) < 4.78 is 5.97. The van der Waals surface area contributed by atoms with Gasteiger partial charge in [0.05, 0.1) is 17.3 Å². The number of rotatable bonds is 5. The lowest BCUT2D eigenvalue weighted by molar-refractivity contribution is -0.154. The number of nitrogens with zero attached hydrogens (tertiary/aromatic N) is 1. The molecular weight excluding hydrogens is 340 g/mol. The van der Waals surface area contributed by atoms with E-state index >= 15 is 0 Å². The second-order valence-corrected chi connectivity index (χ2v) is 6.88. The van der Waals surface area contributed by atoms with Crippen molar-refractivity contribution in [3.63, 3.8) is 0 Å². The molecule has 1 aliphatic rings. The molecule has 0 saturated carbocycles. The zero-order chi connectivity index (χ0) is 19.4. The number of benzene rings is 2. The van der Waals surface area contributed by atoms with E-state index in [1.807, 2.05) is 55.5 Å². The second kappa shape index (κ2) is 8.25. The summed E-state index contributed by atoms with van der Waals surface area (Å²) in [4.78, 5) is 26.5. The third-order valence-corrected chi connectivity index (χ3v) is 5.10. The minimum absolute atomic E-state index is 0.104. The number of nitrogens with two attached hydrogens (primary N) is 1. The van der Waals surface area contributed by atoms with E-state index in [0.717, 1.165) is 36.1 Å². The van der Waals surface area contributed by atoms with Crippen molar-refractivity contribution in [1.29, 1.82) is 0 Å². The summed E-state index contributed by atoms with van der Waals surface area (Å²) in [6, 6.07) is 14.5. The molecule has 3 rings (SSSR count). The van der Waals surface area contributed by atoms with Crippen molar-refractivity contribution in [3.05, 3.63) is 59.7 Å². The highest BCUT2D eigenvalue weighted by molar-refractivity contribution is 6.00. The van der Waals surface area contributed by atoms with Gasteiger partial charge in [0.2, 0.25) is 0 Å². The van der Waals surface area contributed by atoms with Crippen molar-refractivity contribution < 1.29 is 14.3 Å². The van der Waals surface area contributed by atoms with Crippen LogP contribution in [0.1, 0.15) is 50.3 Å². The Balaban J connectivity index is 2.04. The SMILES string of the molecule is CCCC(CC)C(=O)O[C@@H]1Cc2ccccc2N(C(N)=O)c2ccccc21. The third kappa shape index (κ3) is 3.82. The Morgan fingerprint density at radius 2 is 1.78 bits per heavy atom. The normalized spacial score (nSPS) is 16.7. The molecular formula is C22H26N2O3. The number of para-hydroxylation sites is 2. The van der Waals surface area contributed by atoms with Crippen LogP contribution < -0.4 is 10.6 Å². The average Bonchev–Trinajstić information content (AvgIpc) is 2.80. The first kappa shape index (κ1) is 19.0. The number of esters is 1. The van der Waals surface area contributed by atoms with Crippen LogP contribution in [0.3, 0.4) is 0 Å². The summed E-state index contributed by atoms with van der Waals surface area (Å²) in [5.74, 6) is -0.280. The maximum absolute atomic E-state index is 12.8. The first-order valence-corrected chi connectivity index (χ1v) is 9.53. The van der Waals surface area contributed by atoms with E-state index in [2.05, 4.69) is 6.92 Å². The molecule has 27 heavy (non-hydrogen) atoms. The second-order valence-electron chi connectivity index (χ2n) is 6.88. The maximum atomic E-state index is 12.8. The van der Waals surface area contributed by atoms with E-state index in [9.17, 15) is 9.59 Å². The molecule has 0 aromatic heterocycles. The number of anilines is 2. The van der Waals surface area contributed by atoms with Crippen molar-refractivity contribution in [2.24, 2.45) is 11.7 Å². The van der Waals surface area contributed by atoms with Gasteiger partial charge in [0.1, 0.15) is 6.10 Å². The Kier molecular flexibility index (Phi) is 5.79. The van der Waals surface area contributed by atoms with Crippen molar-refractivity contribution in [2.45, 2.75) is 45.6 Å². The zero-order valence-electron chi connectivity index (χ0n) is 15.9. The number of ether oxygens (including phenoxy) is 1. The Bertz CT molecular complexity index is 834. The van der Waals surface area contributed by atoms with Crippen LogP contribution >= 0.6 is 0 Å². The third-order valence-electron chi connectivity index (χ3n) is 5.10. The van der Waals surface area contributed by atoms with Gasteiger partial charge >= 0.3 is 12.0 Å². The molecule has 5 nitrogen and oxygen atoms in total. The fourth-order valence-electron chi connectivity index (χ4n) is 3.72. The summed E-state index contributed by atoms with van der Waals surface area (Å²) >= 11 is 0. The molecule has 2 aromatic carbocycles. The molecule has 142 valence electrons. The van der Waals surface area contributed by atoms with Crippen LogP contribution in [0, 0.1) is 5.92 Å². The standard InChI is InChI=1S/C22H26N2O3/c1-3-9-15(4-2)21(25)27-20-14-16-10-5-7-12-18(16)24(22(23)26)19-13-8-6-11-17(19)20/h5-8,10-13,15,20H,3-4,9,14H2,1-2H3,(H2,23,26)/t15?,20-/m1/s1. The molecule has 0 spiro atoms. The first-order chi connectivity index (χ1) is 13.1. The highest BCUT2D eigenvalue weighted by Gasteiger charge is 2.32. The van der Waals surface area contributed by atoms with Gasteiger partial charge < -0.3 is 10.5 Å². The van der Waals surface area contributed by atoms with Gasteiger partial charge in [-0.05, 0) is 30.5 Å². The largest absolute Gasteiger partial charge is 0.457 e. The Hall–Kier alpha value is -2.82. The zero-order valence-corrected chi connectivity index (χ0v) is 15.9.